The minimum atomic E-state index is 0.342. The van der Waals surface area contributed by atoms with Crippen LogP contribution in [-0.4, -0.2) is 53.3 Å². The van der Waals surface area contributed by atoms with Gasteiger partial charge < -0.3 is 14.7 Å². The number of nitrogens with zero attached hydrogens (tertiary/aromatic N) is 4. The van der Waals surface area contributed by atoms with Gasteiger partial charge in [0.05, 0.1) is 7.11 Å². The molecule has 132 valence electrons. The van der Waals surface area contributed by atoms with Crippen molar-refractivity contribution >= 4 is 5.95 Å². The molecule has 0 saturated carbocycles. The number of hydrogen-bond acceptors (Lipinski definition) is 6. The molecular formula is C19H24N4O2. The summed E-state index contributed by atoms with van der Waals surface area (Å²) in [6.07, 6.45) is 5.94. The average molecular weight is 340 g/mol. The first-order chi connectivity index (χ1) is 12.2. The van der Waals surface area contributed by atoms with Crippen LogP contribution in [0.15, 0.2) is 43.2 Å². The van der Waals surface area contributed by atoms with Crippen molar-refractivity contribution in [2.24, 2.45) is 0 Å². The maximum atomic E-state index is 10.5. The number of aromatic nitrogens is 2. The van der Waals surface area contributed by atoms with E-state index in [1.807, 2.05) is 18.2 Å². The topological polar surface area (TPSA) is 61.7 Å². The van der Waals surface area contributed by atoms with Crippen LogP contribution in [0.4, 0.5) is 5.95 Å². The molecule has 0 bridgehead atoms. The molecule has 25 heavy (non-hydrogen) atoms. The monoisotopic (exact) mass is 340 g/mol. The number of methoxy groups -OCH3 is 1. The molecule has 1 aromatic heterocycles. The molecule has 2 aromatic rings. The highest BCUT2D eigenvalue weighted by atomic mass is 16.5. The SMILES string of the molecule is C=CCc1cc(OC)cc(CN2CCN(c3ncccn3)CC2)c1O. The van der Waals surface area contributed by atoms with Crippen LogP contribution in [0.5, 0.6) is 11.5 Å². The minimum absolute atomic E-state index is 0.342. The van der Waals surface area contributed by atoms with Gasteiger partial charge in [-0.3, -0.25) is 4.90 Å². The van der Waals surface area contributed by atoms with Crippen molar-refractivity contribution in [1.82, 2.24) is 14.9 Å². The lowest BCUT2D eigenvalue weighted by Crippen LogP contribution is -2.46. The molecule has 1 aromatic carbocycles. The van der Waals surface area contributed by atoms with E-state index in [4.69, 9.17) is 4.74 Å². The fourth-order valence-electron chi connectivity index (χ4n) is 3.08. The Morgan fingerprint density at radius 1 is 1.16 bits per heavy atom. The van der Waals surface area contributed by atoms with E-state index in [-0.39, 0.29) is 0 Å². The number of ether oxygens (including phenoxy) is 1. The fraction of sp³-hybridized carbons (Fsp3) is 0.368. The number of aromatic hydroxyl groups is 1. The number of rotatable bonds is 6. The first-order valence-corrected chi connectivity index (χ1v) is 8.45. The highest BCUT2D eigenvalue weighted by molar-refractivity contribution is 5.47. The lowest BCUT2D eigenvalue weighted by molar-refractivity contribution is 0.245. The zero-order valence-corrected chi connectivity index (χ0v) is 14.6. The van der Waals surface area contributed by atoms with E-state index in [9.17, 15) is 5.11 Å². The first kappa shape index (κ1) is 17.2. The number of allylic oxidation sites excluding steroid dienone is 1. The Kier molecular flexibility index (Phi) is 5.50. The summed E-state index contributed by atoms with van der Waals surface area (Å²) in [4.78, 5) is 13.1. The van der Waals surface area contributed by atoms with Gasteiger partial charge >= 0.3 is 0 Å². The van der Waals surface area contributed by atoms with E-state index in [0.717, 1.165) is 49.0 Å². The quantitative estimate of drug-likeness (QED) is 0.814. The van der Waals surface area contributed by atoms with E-state index in [1.54, 1.807) is 25.6 Å². The Balaban J connectivity index is 1.67. The van der Waals surface area contributed by atoms with Crippen LogP contribution in [-0.2, 0) is 13.0 Å². The third kappa shape index (κ3) is 4.09. The molecule has 2 heterocycles. The lowest BCUT2D eigenvalue weighted by Gasteiger charge is -2.34. The molecule has 6 heteroatoms. The van der Waals surface area contributed by atoms with E-state index in [1.165, 1.54) is 0 Å². The van der Waals surface area contributed by atoms with Crippen LogP contribution < -0.4 is 9.64 Å². The Labute approximate surface area is 148 Å². The molecule has 0 atom stereocenters. The standard InChI is InChI=1S/C19H24N4O2/c1-3-5-15-12-17(25-2)13-16(18(15)24)14-22-8-10-23(11-9-22)19-20-6-4-7-21-19/h3-4,6-7,12-13,24H,1,5,8-11,14H2,2H3. The normalized spacial score (nSPS) is 15.2. The Bertz CT molecular complexity index is 713. The van der Waals surface area contributed by atoms with Gasteiger partial charge in [0.25, 0.3) is 0 Å². The summed E-state index contributed by atoms with van der Waals surface area (Å²) in [5.41, 5.74) is 1.74. The van der Waals surface area contributed by atoms with Gasteiger partial charge in [0.1, 0.15) is 11.5 Å². The first-order valence-electron chi connectivity index (χ1n) is 8.45. The molecule has 1 aliphatic rings. The zero-order valence-electron chi connectivity index (χ0n) is 14.6. The summed E-state index contributed by atoms with van der Waals surface area (Å²) < 4.78 is 5.37. The Morgan fingerprint density at radius 3 is 2.48 bits per heavy atom. The van der Waals surface area contributed by atoms with E-state index in [0.29, 0.717) is 18.7 Å². The van der Waals surface area contributed by atoms with Crippen LogP contribution in [0.3, 0.4) is 0 Å². The van der Waals surface area contributed by atoms with Crippen LogP contribution >= 0.6 is 0 Å². The molecule has 0 radical (unpaired) electrons. The second-order valence-electron chi connectivity index (χ2n) is 6.10. The largest absolute Gasteiger partial charge is 0.507 e. The van der Waals surface area contributed by atoms with Crippen molar-refractivity contribution in [2.45, 2.75) is 13.0 Å². The molecule has 0 spiro atoms. The zero-order chi connectivity index (χ0) is 17.6. The summed E-state index contributed by atoms with van der Waals surface area (Å²) in [5.74, 6) is 1.88. The summed E-state index contributed by atoms with van der Waals surface area (Å²) in [6.45, 7) is 7.97. The number of phenols is 1. The predicted octanol–water partition coefficient (Wildman–Crippen LogP) is 2.24. The van der Waals surface area contributed by atoms with Gasteiger partial charge in [-0.25, -0.2) is 9.97 Å². The summed E-state index contributed by atoms with van der Waals surface area (Å²) >= 11 is 0. The smallest absolute Gasteiger partial charge is 0.225 e. The third-order valence-corrected chi connectivity index (χ3v) is 4.44. The highest BCUT2D eigenvalue weighted by Crippen LogP contribution is 2.30. The fourth-order valence-corrected chi connectivity index (χ4v) is 3.08. The molecule has 1 N–H and O–H groups in total. The van der Waals surface area contributed by atoms with Gasteiger partial charge in [0.2, 0.25) is 5.95 Å². The van der Waals surface area contributed by atoms with Crippen LogP contribution in [0, 0.1) is 0 Å². The minimum Gasteiger partial charge on any atom is -0.507 e. The maximum absolute atomic E-state index is 10.5. The molecule has 1 fully saturated rings. The molecule has 0 aliphatic carbocycles. The summed E-state index contributed by atoms with van der Waals surface area (Å²) in [7, 11) is 1.65. The molecule has 6 nitrogen and oxygen atoms in total. The molecular weight excluding hydrogens is 316 g/mol. The molecule has 1 saturated heterocycles. The van der Waals surface area contributed by atoms with Crippen molar-refractivity contribution < 1.29 is 9.84 Å². The molecule has 0 unspecified atom stereocenters. The number of benzene rings is 1. The maximum Gasteiger partial charge on any atom is 0.225 e. The van der Waals surface area contributed by atoms with Gasteiger partial charge in [-0.05, 0) is 24.6 Å². The average Bonchev–Trinajstić information content (AvgIpc) is 2.66. The second kappa shape index (κ2) is 7.98. The summed E-state index contributed by atoms with van der Waals surface area (Å²) in [6, 6.07) is 5.60. The molecule has 1 aliphatic heterocycles. The second-order valence-corrected chi connectivity index (χ2v) is 6.10. The number of phenolic OH excluding ortho intramolecular Hbond substituents is 1. The Morgan fingerprint density at radius 2 is 1.84 bits per heavy atom. The van der Waals surface area contributed by atoms with Gasteiger partial charge in [0, 0.05) is 56.2 Å². The van der Waals surface area contributed by atoms with Crippen molar-refractivity contribution in [3.05, 3.63) is 54.4 Å². The van der Waals surface area contributed by atoms with Crippen molar-refractivity contribution in [2.75, 3.05) is 38.2 Å². The van der Waals surface area contributed by atoms with Gasteiger partial charge in [-0.15, -0.1) is 6.58 Å². The van der Waals surface area contributed by atoms with Crippen LogP contribution in [0.2, 0.25) is 0 Å². The van der Waals surface area contributed by atoms with Crippen LogP contribution in [0.25, 0.3) is 0 Å². The molecule has 3 rings (SSSR count). The third-order valence-electron chi connectivity index (χ3n) is 4.44. The van der Waals surface area contributed by atoms with Crippen molar-refractivity contribution in [3.63, 3.8) is 0 Å². The van der Waals surface area contributed by atoms with Crippen molar-refractivity contribution in [1.29, 1.82) is 0 Å². The molecule has 0 amide bonds. The number of piperazine rings is 1. The lowest BCUT2D eigenvalue weighted by atomic mass is 10.0. The van der Waals surface area contributed by atoms with Crippen molar-refractivity contribution in [3.8, 4) is 11.5 Å². The van der Waals surface area contributed by atoms with Crippen LogP contribution in [0.1, 0.15) is 11.1 Å². The van der Waals surface area contributed by atoms with Gasteiger partial charge in [0.15, 0.2) is 0 Å². The van der Waals surface area contributed by atoms with E-state index < -0.39 is 0 Å². The number of hydrogen-bond donors (Lipinski definition) is 1. The van der Waals surface area contributed by atoms with Gasteiger partial charge in [-0.1, -0.05) is 6.08 Å². The highest BCUT2D eigenvalue weighted by Gasteiger charge is 2.20. The summed E-state index contributed by atoms with van der Waals surface area (Å²) in [5, 5.41) is 10.5. The Hall–Kier alpha value is -2.60. The van der Waals surface area contributed by atoms with Gasteiger partial charge in [-0.2, -0.15) is 0 Å². The predicted molar refractivity (Wildman–Crippen MR) is 98.1 cm³/mol. The van der Waals surface area contributed by atoms with E-state index in [2.05, 4.69) is 26.3 Å². The van der Waals surface area contributed by atoms with E-state index >= 15 is 0 Å². The number of anilines is 1.